The molecule has 2 rings (SSSR count). The van der Waals surface area contributed by atoms with Crippen molar-refractivity contribution in [2.24, 2.45) is 0 Å². The molecule has 1 N–H and O–H groups in total. The van der Waals surface area contributed by atoms with Crippen molar-refractivity contribution in [2.75, 3.05) is 18.9 Å². The molecule has 21 heavy (non-hydrogen) atoms. The van der Waals surface area contributed by atoms with Crippen molar-refractivity contribution < 1.29 is 0 Å². The number of aryl methyl sites for hydroxylation is 1. The maximum Gasteiger partial charge on any atom is 0.287 e. The van der Waals surface area contributed by atoms with Gasteiger partial charge >= 0.3 is 0 Å². The third-order valence-corrected chi connectivity index (χ3v) is 4.64. The number of likely N-dealkylation sites (tertiary alicyclic amines) is 1. The Labute approximate surface area is 131 Å². The molecule has 0 radical (unpaired) electrons. The van der Waals surface area contributed by atoms with Crippen LogP contribution in [0.3, 0.4) is 0 Å². The van der Waals surface area contributed by atoms with Gasteiger partial charge in [-0.1, -0.05) is 24.9 Å². The number of unbranched alkanes of at least 4 members (excludes halogenated alkanes) is 1. The first kappa shape index (κ1) is 16.3. The molecule has 6 heteroatoms. The van der Waals surface area contributed by atoms with E-state index in [1.165, 1.54) is 4.68 Å². The van der Waals surface area contributed by atoms with Crippen LogP contribution in [0.2, 0.25) is 5.02 Å². The summed E-state index contributed by atoms with van der Waals surface area (Å²) in [6.45, 7) is 5.98. The first-order valence-electron chi connectivity index (χ1n) is 7.75. The molecular weight excluding hydrogens is 288 g/mol. The molecule has 1 aliphatic rings. The number of anilines is 1. The van der Waals surface area contributed by atoms with E-state index in [-0.39, 0.29) is 10.6 Å². The molecule has 1 saturated heterocycles. The average Bonchev–Trinajstić information content (AvgIpc) is 2.47. The van der Waals surface area contributed by atoms with Gasteiger partial charge in [0, 0.05) is 25.2 Å². The standard InChI is InChI=1S/C15H25ClN4O/c1-4-5-7-20-15(21)14(16)13(10-17-20)18-12-6-8-19(3)11(2)9-12/h10-12,18H,4-9H2,1-3H3. The van der Waals surface area contributed by atoms with Crippen LogP contribution in [0, 0.1) is 0 Å². The van der Waals surface area contributed by atoms with Crippen LogP contribution in [0.15, 0.2) is 11.0 Å². The predicted molar refractivity (Wildman–Crippen MR) is 87.2 cm³/mol. The number of aromatic nitrogens is 2. The molecule has 1 aromatic heterocycles. The quantitative estimate of drug-likeness (QED) is 0.908. The van der Waals surface area contributed by atoms with E-state index in [4.69, 9.17) is 11.6 Å². The van der Waals surface area contributed by atoms with Crippen LogP contribution in [0.4, 0.5) is 5.69 Å². The van der Waals surface area contributed by atoms with E-state index in [0.717, 1.165) is 32.2 Å². The van der Waals surface area contributed by atoms with E-state index in [0.29, 0.717) is 24.3 Å². The van der Waals surface area contributed by atoms with Crippen LogP contribution >= 0.6 is 11.6 Å². The van der Waals surface area contributed by atoms with Crippen molar-refractivity contribution in [1.29, 1.82) is 0 Å². The Morgan fingerprint density at radius 2 is 2.29 bits per heavy atom. The molecule has 2 heterocycles. The van der Waals surface area contributed by atoms with Gasteiger partial charge in [0.15, 0.2) is 0 Å². The molecule has 0 amide bonds. The normalized spacial score (nSPS) is 23.2. The lowest BCUT2D eigenvalue weighted by Gasteiger charge is -2.35. The Kier molecular flexibility index (Phi) is 5.65. The zero-order chi connectivity index (χ0) is 15.4. The molecule has 0 aliphatic carbocycles. The number of piperidine rings is 1. The molecule has 0 bridgehead atoms. The van der Waals surface area contributed by atoms with E-state index in [1.807, 2.05) is 0 Å². The second-order valence-electron chi connectivity index (χ2n) is 5.95. The minimum atomic E-state index is -0.198. The monoisotopic (exact) mass is 312 g/mol. The Balaban J connectivity index is 2.07. The van der Waals surface area contributed by atoms with Gasteiger partial charge in [-0.3, -0.25) is 4.79 Å². The summed E-state index contributed by atoms with van der Waals surface area (Å²) in [4.78, 5) is 14.5. The lowest BCUT2D eigenvalue weighted by atomic mass is 9.99. The first-order chi connectivity index (χ1) is 10.0. The van der Waals surface area contributed by atoms with Crippen molar-refractivity contribution in [3.8, 4) is 0 Å². The number of rotatable bonds is 5. The molecule has 0 saturated carbocycles. The van der Waals surface area contributed by atoms with Crippen molar-refractivity contribution in [3.05, 3.63) is 21.6 Å². The molecule has 1 aliphatic heterocycles. The van der Waals surface area contributed by atoms with E-state index < -0.39 is 0 Å². The molecule has 1 fully saturated rings. The van der Waals surface area contributed by atoms with Gasteiger partial charge < -0.3 is 10.2 Å². The maximum absolute atomic E-state index is 12.2. The summed E-state index contributed by atoms with van der Waals surface area (Å²) in [6, 6.07) is 0.884. The van der Waals surface area contributed by atoms with E-state index in [2.05, 4.69) is 36.2 Å². The molecule has 2 unspecified atom stereocenters. The van der Waals surface area contributed by atoms with Gasteiger partial charge in [0.05, 0.1) is 11.9 Å². The largest absolute Gasteiger partial charge is 0.380 e. The summed E-state index contributed by atoms with van der Waals surface area (Å²) < 4.78 is 1.45. The highest BCUT2D eigenvalue weighted by Crippen LogP contribution is 2.22. The van der Waals surface area contributed by atoms with Gasteiger partial charge in [-0.05, 0) is 33.2 Å². The number of halogens is 1. The topological polar surface area (TPSA) is 50.2 Å². The van der Waals surface area contributed by atoms with Crippen molar-refractivity contribution in [3.63, 3.8) is 0 Å². The van der Waals surface area contributed by atoms with Gasteiger partial charge in [0.25, 0.3) is 5.56 Å². The predicted octanol–water partition coefficient (Wildman–Crippen LogP) is 2.59. The Hall–Kier alpha value is -1.07. The SMILES string of the molecule is CCCCn1ncc(NC2CCN(C)C(C)C2)c(Cl)c1=O. The van der Waals surface area contributed by atoms with Gasteiger partial charge in [-0.2, -0.15) is 5.10 Å². The molecule has 2 atom stereocenters. The van der Waals surface area contributed by atoms with Crippen molar-refractivity contribution in [1.82, 2.24) is 14.7 Å². The second kappa shape index (κ2) is 7.27. The highest BCUT2D eigenvalue weighted by atomic mass is 35.5. The minimum absolute atomic E-state index is 0.198. The van der Waals surface area contributed by atoms with Gasteiger partial charge in [-0.15, -0.1) is 0 Å². The summed E-state index contributed by atoms with van der Waals surface area (Å²) in [5.74, 6) is 0. The van der Waals surface area contributed by atoms with Crippen LogP contribution in [0.1, 0.15) is 39.5 Å². The van der Waals surface area contributed by atoms with Crippen LogP contribution in [0.5, 0.6) is 0 Å². The third-order valence-electron chi connectivity index (χ3n) is 4.28. The molecule has 0 spiro atoms. The van der Waals surface area contributed by atoms with Crippen LogP contribution in [-0.4, -0.2) is 40.4 Å². The second-order valence-corrected chi connectivity index (χ2v) is 6.33. The number of nitrogens with zero attached hydrogens (tertiary/aromatic N) is 3. The lowest BCUT2D eigenvalue weighted by molar-refractivity contribution is 0.190. The molecule has 5 nitrogen and oxygen atoms in total. The first-order valence-corrected chi connectivity index (χ1v) is 8.13. The molecular formula is C15H25ClN4O. The van der Waals surface area contributed by atoms with Crippen LogP contribution < -0.4 is 10.9 Å². The van der Waals surface area contributed by atoms with Crippen LogP contribution in [0.25, 0.3) is 0 Å². The van der Waals surface area contributed by atoms with E-state index in [1.54, 1.807) is 6.20 Å². The fraction of sp³-hybridized carbons (Fsp3) is 0.733. The fourth-order valence-electron chi connectivity index (χ4n) is 2.67. The summed E-state index contributed by atoms with van der Waals surface area (Å²) >= 11 is 6.22. The number of hydrogen-bond acceptors (Lipinski definition) is 4. The Bertz CT molecular complexity index is 531. The van der Waals surface area contributed by atoms with Gasteiger partial charge in [0.2, 0.25) is 0 Å². The Morgan fingerprint density at radius 1 is 1.52 bits per heavy atom. The molecule has 118 valence electrons. The van der Waals surface area contributed by atoms with Crippen LogP contribution in [-0.2, 0) is 6.54 Å². The zero-order valence-electron chi connectivity index (χ0n) is 13.1. The van der Waals surface area contributed by atoms with Gasteiger partial charge in [0.1, 0.15) is 5.02 Å². The summed E-state index contributed by atoms with van der Waals surface area (Å²) in [6.07, 6.45) is 5.74. The molecule has 0 aromatic carbocycles. The highest BCUT2D eigenvalue weighted by Gasteiger charge is 2.23. The third kappa shape index (κ3) is 3.98. The Morgan fingerprint density at radius 3 is 2.95 bits per heavy atom. The van der Waals surface area contributed by atoms with E-state index in [9.17, 15) is 4.79 Å². The summed E-state index contributed by atoms with van der Waals surface area (Å²) in [5, 5.41) is 7.87. The van der Waals surface area contributed by atoms with E-state index >= 15 is 0 Å². The maximum atomic E-state index is 12.2. The lowest BCUT2D eigenvalue weighted by Crippen LogP contribution is -2.42. The summed E-state index contributed by atoms with van der Waals surface area (Å²) in [7, 11) is 2.14. The molecule has 1 aromatic rings. The highest BCUT2D eigenvalue weighted by molar-refractivity contribution is 6.32. The zero-order valence-corrected chi connectivity index (χ0v) is 13.9. The van der Waals surface area contributed by atoms with Crippen molar-refractivity contribution in [2.45, 2.75) is 58.2 Å². The minimum Gasteiger partial charge on any atom is -0.380 e. The smallest absolute Gasteiger partial charge is 0.287 e. The average molecular weight is 313 g/mol. The van der Waals surface area contributed by atoms with Crippen molar-refractivity contribution >= 4 is 17.3 Å². The number of nitrogens with one attached hydrogen (secondary N) is 1. The number of hydrogen-bond donors (Lipinski definition) is 1. The summed E-state index contributed by atoms with van der Waals surface area (Å²) in [5.41, 5.74) is 0.465. The fourth-order valence-corrected chi connectivity index (χ4v) is 2.87. The van der Waals surface area contributed by atoms with Gasteiger partial charge in [-0.25, -0.2) is 4.68 Å².